The Kier molecular flexibility index (Phi) is 6.27. The van der Waals surface area contributed by atoms with Crippen molar-refractivity contribution in [2.45, 2.75) is 70.8 Å². The number of allylic oxidation sites excluding steroid dienone is 1. The Bertz CT molecular complexity index is 403. The van der Waals surface area contributed by atoms with E-state index in [1.807, 2.05) is 4.90 Å². The van der Waals surface area contributed by atoms with E-state index in [0.717, 1.165) is 25.8 Å². The molecule has 2 bridgehead atoms. The largest absolute Gasteiger partial charge is 0.492 e. The monoisotopic (exact) mass is 293 g/mol. The minimum absolute atomic E-state index is 0.0147. The molecule has 0 spiro atoms. The number of rotatable bonds is 1. The Labute approximate surface area is 127 Å². The molecule has 2 rings (SSSR count). The molecule has 2 aliphatic heterocycles. The van der Waals surface area contributed by atoms with E-state index in [2.05, 4.69) is 0 Å². The quantitative estimate of drug-likeness (QED) is 0.697. The maximum Gasteiger partial charge on any atom is 0.226 e. The van der Waals surface area contributed by atoms with Crippen LogP contribution in [0.3, 0.4) is 0 Å². The first-order chi connectivity index (χ1) is 10.1. The highest BCUT2D eigenvalue weighted by molar-refractivity contribution is 5.88. The second-order valence-electron chi connectivity index (χ2n) is 6.24. The number of nitrogens with zero attached hydrogens (tertiary/aromatic N) is 1. The number of carbonyl (C=O) groups is 2. The molecule has 21 heavy (non-hydrogen) atoms. The topological polar surface area (TPSA) is 46.6 Å². The number of fused-ring (bicyclic) bond motifs is 3. The molecule has 4 nitrogen and oxygen atoms in total. The average Bonchev–Trinajstić information content (AvgIpc) is 2.54. The summed E-state index contributed by atoms with van der Waals surface area (Å²) in [6, 6.07) is 0. The molecule has 0 aromatic carbocycles. The van der Waals surface area contributed by atoms with Crippen molar-refractivity contribution in [2.75, 3.05) is 13.1 Å². The van der Waals surface area contributed by atoms with E-state index in [-0.39, 0.29) is 17.8 Å². The highest BCUT2D eigenvalue weighted by Gasteiger charge is 2.26. The van der Waals surface area contributed by atoms with Gasteiger partial charge in [-0.2, -0.15) is 0 Å². The lowest BCUT2D eigenvalue weighted by atomic mass is 10.1. The molecule has 0 aliphatic carbocycles. The lowest BCUT2D eigenvalue weighted by Gasteiger charge is -2.20. The van der Waals surface area contributed by atoms with Gasteiger partial charge in [-0.25, -0.2) is 0 Å². The third-order valence-corrected chi connectivity index (χ3v) is 4.24. The number of amides is 1. The third-order valence-electron chi connectivity index (χ3n) is 4.24. The summed E-state index contributed by atoms with van der Waals surface area (Å²) < 4.78 is 5.95. The van der Waals surface area contributed by atoms with Crippen molar-refractivity contribution in [3.8, 4) is 0 Å². The van der Waals surface area contributed by atoms with Gasteiger partial charge in [-0.05, 0) is 26.2 Å². The van der Waals surface area contributed by atoms with Crippen LogP contribution in [0.25, 0.3) is 0 Å². The van der Waals surface area contributed by atoms with Crippen LogP contribution in [0.2, 0.25) is 0 Å². The summed E-state index contributed by atoms with van der Waals surface area (Å²) in [6.07, 6.45) is 11.2. The molecule has 2 heterocycles. The third kappa shape index (κ3) is 5.52. The number of carbonyl (C=O) groups excluding carboxylic acids is 2. The number of hydrogen-bond donors (Lipinski definition) is 0. The summed E-state index contributed by atoms with van der Waals surface area (Å²) in [5.74, 6) is 0.820. The SMILES string of the molecule is CC(=O)/C=C1/CN2CCCCCCCCCC(CC2=O)O1. The van der Waals surface area contributed by atoms with Crippen LogP contribution in [0.4, 0.5) is 0 Å². The summed E-state index contributed by atoms with van der Waals surface area (Å²) in [5.41, 5.74) is 0. The first-order valence-corrected chi connectivity index (χ1v) is 8.31. The molecule has 2 aliphatic rings. The number of ketones is 1. The van der Waals surface area contributed by atoms with E-state index in [1.54, 1.807) is 6.08 Å². The normalized spacial score (nSPS) is 27.3. The van der Waals surface area contributed by atoms with Crippen LogP contribution in [0.5, 0.6) is 0 Å². The zero-order valence-electron chi connectivity index (χ0n) is 13.1. The van der Waals surface area contributed by atoms with Gasteiger partial charge in [0.25, 0.3) is 0 Å². The van der Waals surface area contributed by atoms with Gasteiger partial charge in [0.1, 0.15) is 11.9 Å². The van der Waals surface area contributed by atoms with Crippen molar-refractivity contribution >= 4 is 11.7 Å². The van der Waals surface area contributed by atoms with Crippen LogP contribution >= 0.6 is 0 Å². The van der Waals surface area contributed by atoms with Gasteiger partial charge in [0.15, 0.2) is 5.78 Å². The highest BCUT2D eigenvalue weighted by atomic mass is 16.5. The van der Waals surface area contributed by atoms with E-state index >= 15 is 0 Å². The fourth-order valence-electron chi connectivity index (χ4n) is 3.12. The molecule has 2 saturated heterocycles. The predicted molar refractivity (Wildman–Crippen MR) is 81.8 cm³/mol. The van der Waals surface area contributed by atoms with Gasteiger partial charge in [-0.3, -0.25) is 9.59 Å². The van der Waals surface area contributed by atoms with Gasteiger partial charge in [0, 0.05) is 12.6 Å². The molecule has 4 heteroatoms. The van der Waals surface area contributed by atoms with Crippen molar-refractivity contribution in [1.29, 1.82) is 0 Å². The van der Waals surface area contributed by atoms with Crippen LogP contribution < -0.4 is 0 Å². The predicted octanol–water partition coefficient (Wildman–Crippen LogP) is 3.21. The van der Waals surface area contributed by atoms with Crippen LogP contribution in [0.15, 0.2) is 11.8 Å². The molecule has 0 radical (unpaired) electrons. The molecule has 1 unspecified atom stereocenters. The number of hydrogen-bond acceptors (Lipinski definition) is 3. The van der Waals surface area contributed by atoms with E-state index < -0.39 is 0 Å². The van der Waals surface area contributed by atoms with Gasteiger partial charge in [0.05, 0.1) is 13.0 Å². The lowest BCUT2D eigenvalue weighted by molar-refractivity contribution is -0.131. The highest BCUT2D eigenvalue weighted by Crippen LogP contribution is 2.22. The second-order valence-corrected chi connectivity index (χ2v) is 6.24. The lowest BCUT2D eigenvalue weighted by Crippen LogP contribution is -2.32. The number of ether oxygens (including phenoxy) is 1. The molecular weight excluding hydrogens is 266 g/mol. The Morgan fingerprint density at radius 3 is 2.52 bits per heavy atom. The van der Waals surface area contributed by atoms with Crippen molar-refractivity contribution in [2.24, 2.45) is 0 Å². The van der Waals surface area contributed by atoms with Crippen molar-refractivity contribution < 1.29 is 14.3 Å². The smallest absolute Gasteiger partial charge is 0.226 e. The first kappa shape index (κ1) is 16.1. The minimum Gasteiger partial charge on any atom is -0.492 e. The van der Waals surface area contributed by atoms with E-state index in [9.17, 15) is 9.59 Å². The Hall–Kier alpha value is -1.32. The minimum atomic E-state index is -0.0612. The molecule has 1 atom stereocenters. The van der Waals surface area contributed by atoms with Crippen LogP contribution in [-0.4, -0.2) is 35.8 Å². The summed E-state index contributed by atoms with van der Waals surface area (Å²) >= 11 is 0. The summed E-state index contributed by atoms with van der Waals surface area (Å²) in [5, 5.41) is 0. The molecule has 0 N–H and O–H groups in total. The van der Waals surface area contributed by atoms with Crippen molar-refractivity contribution in [3.05, 3.63) is 11.8 Å². The maximum atomic E-state index is 12.4. The standard InChI is InChI=1S/C17H27NO3/c1-14(19)11-16-13-18-10-8-6-4-2-3-5-7-9-15(21-16)12-17(18)20/h11,15H,2-10,12-13H2,1H3/b16-11-. The Balaban J connectivity index is 2.11. The summed E-state index contributed by atoms with van der Waals surface area (Å²) in [7, 11) is 0. The molecular formula is C17H27NO3. The van der Waals surface area contributed by atoms with Crippen LogP contribution in [0.1, 0.15) is 64.7 Å². The van der Waals surface area contributed by atoms with E-state index in [0.29, 0.717) is 18.7 Å². The first-order valence-electron chi connectivity index (χ1n) is 8.31. The summed E-state index contributed by atoms with van der Waals surface area (Å²) in [4.78, 5) is 25.6. The Morgan fingerprint density at radius 1 is 1.14 bits per heavy atom. The molecule has 118 valence electrons. The van der Waals surface area contributed by atoms with Gasteiger partial charge in [0.2, 0.25) is 5.91 Å². The zero-order chi connectivity index (χ0) is 15.1. The molecule has 2 fully saturated rings. The average molecular weight is 293 g/mol. The zero-order valence-corrected chi connectivity index (χ0v) is 13.1. The molecule has 0 aromatic heterocycles. The van der Waals surface area contributed by atoms with E-state index in [4.69, 9.17) is 4.74 Å². The fraction of sp³-hybridized carbons (Fsp3) is 0.765. The maximum absolute atomic E-state index is 12.4. The van der Waals surface area contributed by atoms with Crippen LogP contribution in [0, 0.1) is 0 Å². The van der Waals surface area contributed by atoms with Crippen molar-refractivity contribution in [1.82, 2.24) is 4.90 Å². The van der Waals surface area contributed by atoms with Gasteiger partial charge in [-0.15, -0.1) is 0 Å². The molecule has 1 amide bonds. The second kappa shape index (κ2) is 8.20. The fourth-order valence-corrected chi connectivity index (χ4v) is 3.12. The summed E-state index contributed by atoms with van der Waals surface area (Å²) in [6.45, 7) is 2.76. The molecule has 0 saturated carbocycles. The Morgan fingerprint density at radius 2 is 1.81 bits per heavy atom. The van der Waals surface area contributed by atoms with Gasteiger partial charge >= 0.3 is 0 Å². The van der Waals surface area contributed by atoms with Crippen molar-refractivity contribution in [3.63, 3.8) is 0 Å². The van der Waals surface area contributed by atoms with Crippen LogP contribution in [-0.2, 0) is 14.3 Å². The molecule has 0 aromatic rings. The van der Waals surface area contributed by atoms with E-state index in [1.165, 1.54) is 39.0 Å². The van der Waals surface area contributed by atoms with Gasteiger partial charge < -0.3 is 9.64 Å². The van der Waals surface area contributed by atoms with Gasteiger partial charge in [-0.1, -0.05) is 32.1 Å².